The molecular weight excluding hydrogens is 493 g/mol. The highest BCUT2D eigenvalue weighted by atomic mass is 127. The van der Waals surface area contributed by atoms with Crippen molar-refractivity contribution in [1.29, 1.82) is 0 Å². The van der Waals surface area contributed by atoms with Crippen LogP contribution in [0, 0.1) is 6.92 Å². The molecular formula is C19H32IN3O4S. The summed E-state index contributed by atoms with van der Waals surface area (Å²) in [6.07, 6.45) is 4.42. The van der Waals surface area contributed by atoms with Crippen LogP contribution in [0.2, 0.25) is 0 Å². The first-order chi connectivity index (χ1) is 12.9. The Kier molecular flexibility index (Phi) is 11.3. The van der Waals surface area contributed by atoms with Crippen molar-refractivity contribution < 1.29 is 17.9 Å². The Morgan fingerprint density at radius 3 is 2.61 bits per heavy atom. The van der Waals surface area contributed by atoms with Crippen LogP contribution < -0.4 is 10.6 Å². The summed E-state index contributed by atoms with van der Waals surface area (Å²) < 4.78 is 34.5. The third-order valence-electron chi connectivity index (χ3n) is 4.46. The molecule has 1 aromatic rings. The predicted octanol–water partition coefficient (Wildman–Crippen LogP) is 2.27. The Morgan fingerprint density at radius 2 is 2.00 bits per heavy atom. The molecule has 0 bridgehead atoms. The maximum absolute atomic E-state index is 11.7. The van der Waals surface area contributed by atoms with Gasteiger partial charge in [0.25, 0.3) is 0 Å². The quantitative estimate of drug-likeness (QED) is 0.234. The van der Waals surface area contributed by atoms with E-state index in [1.165, 1.54) is 6.26 Å². The van der Waals surface area contributed by atoms with Gasteiger partial charge < -0.3 is 20.1 Å². The zero-order valence-electron chi connectivity index (χ0n) is 16.9. The monoisotopic (exact) mass is 525 g/mol. The number of hydrogen-bond donors (Lipinski definition) is 2. The van der Waals surface area contributed by atoms with Crippen LogP contribution in [0.15, 0.2) is 28.1 Å². The van der Waals surface area contributed by atoms with Crippen molar-refractivity contribution in [2.45, 2.75) is 43.7 Å². The minimum absolute atomic E-state index is 0. The molecule has 0 aromatic heterocycles. The third-order valence-corrected chi connectivity index (χ3v) is 5.71. The number of ether oxygens (including phenoxy) is 2. The number of hydrogen-bond acceptors (Lipinski definition) is 5. The number of nitrogens with one attached hydrogen (secondary N) is 2. The number of benzene rings is 1. The Balaban J connectivity index is 0.00000392. The molecule has 1 aliphatic rings. The van der Waals surface area contributed by atoms with E-state index in [0.29, 0.717) is 23.5 Å². The van der Waals surface area contributed by atoms with Crippen LogP contribution >= 0.6 is 24.0 Å². The number of guanidine groups is 1. The van der Waals surface area contributed by atoms with E-state index < -0.39 is 9.84 Å². The molecule has 1 heterocycles. The van der Waals surface area contributed by atoms with Crippen LogP contribution in [-0.2, 0) is 25.9 Å². The van der Waals surface area contributed by atoms with Crippen molar-refractivity contribution in [2.75, 3.05) is 39.7 Å². The SMILES string of the molecule is CN=C(NCCCOC1CCOCC1)NCc1ccc(S(C)(=O)=O)c(C)c1.I. The highest BCUT2D eigenvalue weighted by Crippen LogP contribution is 2.16. The van der Waals surface area contributed by atoms with Gasteiger partial charge in [0.15, 0.2) is 15.8 Å². The minimum atomic E-state index is -3.19. The first-order valence-electron chi connectivity index (χ1n) is 9.33. The van der Waals surface area contributed by atoms with Crippen LogP contribution in [-0.4, -0.2) is 60.2 Å². The number of aliphatic imine (C=N–C) groups is 1. The average Bonchev–Trinajstić information content (AvgIpc) is 2.64. The summed E-state index contributed by atoms with van der Waals surface area (Å²) in [6.45, 7) is 5.47. The Hall–Kier alpha value is -0.910. The second-order valence-electron chi connectivity index (χ2n) is 6.76. The second kappa shape index (κ2) is 12.6. The molecule has 0 aliphatic carbocycles. The normalized spacial score (nSPS) is 15.8. The fourth-order valence-electron chi connectivity index (χ4n) is 3.02. The molecule has 0 atom stereocenters. The van der Waals surface area contributed by atoms with Gasteiger partial charge >= 0.3 is 0 Å². The van der Waals surface area contributed by atoms with E-state index in [9.17, 15) is 8.42 Å². The molecule has 7 nitrogen and oxygen atoms in total. The van der Waals surface area contributed by atoms with E-state index in [2.05, 4.69) is 15.6 Å². The molecule has 0 spiro atoms. The molecule has 1 aromatic carbocycles. The van der Waals surface area contributed by atoms with Crippen LogP contribution in [0.3, 0.4) is 0 Å². The molecule has 160 valence electrons. The molecule has 1 saturated heterocycles. The van der Waals surface area contributed by atoms with E-state index in [4.69, 9.17) is 9.47 Å². The van der Waals surface area contributed by atoms with Gasteiger partial charge in [-0.05, 0) is 43.4 Å². The number of halogens is 1. The Bertz CT molecular complexity index is 735. The van der Waals surface area contributed by atoms with Crippen LogP contribution in [0.25, 0.3) is 0 Å². The molecule has 0 radical (unpaired) electrons. The van der Waals surface area contributed by atoms with Crippen LogP contribution in [0.1, 0.15) is 30.4 Å². The standard InChI is InChI=1S/C19H31N3O4S.HI/c1-15-13-16(5-6-18(15)27(3,23)24)14-22-19(20-2)21-9-4-10-26-17-7-11-25-12-8-17;/h5-6,13,17H,4,7-12,14H2,1-3H3,(H2,20,21,22);1H. The number of nitrogens with zero attached hydrogens (tertiary/aromatic N) is 1. The van der Waals surface area contributed by atoms with Crippen molar-refractivity contribution >= 4 is 39.8 Å². The highest BCUT2D eigenvalue weighted by Gasteiger charge is 2.13. The average molecular weight is 525 g/mol. The number of rotatable bonds is 8. The fraction of sp³-hybridized carbons (Fsp3) is 0.632. The lowest BCUT2D eigenvalue weighted by Crippen LogP contribution is -2.37. The van der Waals surface area contributed by atoms with Crippen molar-refractivity contribution in [3.8, 4) is 0 Å². The predicted molar refractivity (Wildman–Crippen MR) is 122 cm³/mol. The topological polar surface area (TPSA) is 89.0 Å². The Labute approximate surface area is 185 Å². The largest absolute Gasteiger partial charge is 0.381 e. The van der Waals surface area contributed by atoms with Crippen LogP contribution in [0.4, 0.5) is 0 Å². The summed E-state index contributed by atoms with van der Waals surface area (Å²) in [4.78, 5) is 4.58. The fourth-order valence-corrected chi connectivity index (χ4v) is 3.97. The molecule has 2 N–H and O–H groups in total. The lowest BCUT2D eigenvalue weighted by Gasteiger charge is -2.22. The van der Waals surface area contributed by atoms with E-state index in [0.717, 1.165) is 56.8 Å². The summed E-state index contributed by atoms with van der Waals surface area (Å²) in [5, 5.41) is 6.51. The molecule has 0 unspecified atom stereocenters. The second-order valence-corrected chi connectivity index (χ2v) is 8.74. The van der Waals surface area contributed by atoms with Gasteiger partial charge in [0, 0.05) is 46.2 Å². The van der Waals surface area contributed by atoms with E-state index in [1.807, 2.05) is 19.1 Å². The summed E-state index contributed by atoms with van der Waals surface area (Å²) in [6, 6.07) is 5.37. The molecule has 9 heteroatoms. The molecule has 0 saturated carbocycles. The zero-order valence-corrected chi connectivity index (χ0v) is 20.0. The lowest BCUT2D eigenvalue weighted by atomic mass is 10.1. The molecule has 1 aliphatic heterocycles. The van der Waals surface area contributed by atoms with E-state index in [1.54, 1.807) is 13.1 Å². The van der Waals surface area contributed by atoms with Gasteiger partial charge in [-0.25, -0.2) is 8.42 Å². The first-order valence-corrected chi connectivity index (χ1v) is 11.2. The van der Waals surface area contributed by atoms with E-state index >= 15 is 0 Å². The third kappa shape index (κ3) is 8.62. The maximum atomic E-state index is 11.7. The lowest BCUT2D eigenvalue weighted by molar-refractivity contribution is -0.0320. The van der Waals surface area contributed by atoms with Gasteiger partial charge in [0.2, 0.25) is 0 Å². The summed E-state index contributed by atoms with van der Waals surface area (Å²) in [7, 11) is -1.46. The van der Waals surface area contributed by atoms with E-state index in [-0.39, 0.29) is 24.0 Å². The summed E-state index contributed by atoms with van der Waals surface area (Å²) >= 11 is 0. The molecule has 28 heavy (non-hydrogen) atoms. The van der Waals surface area contributed by atoms with Crippen LogP contribution in [0.5, 0.6) is 0 Å². The Morgan fingerprint density at radius 1 is 1.29 bits per heavy atom. The number of aryl methyl sites for hydroxylation is 1. The van der Waals surface area contributed by atoms with Gasteiger partial charge in [-0.15, -0.1) is 24.0 Å². The van der Waals surface area contributed by atoms with Gasteiger partial charge in [-0.1, -0.05) is 12.1 Å². The zero-order chi connectivity index (χ0) is 19.7. The first kappa shape index (κ1) is 25.1. The summed E-state index contributed by atoms with van der Waals surface area (Å²) in [5.74, 6) is 0.714. The van der Waals surface area contributed by atoms with Crippen molar-refractivity contribution in [1.82, 2.24) is 10.6 Å². The van der Waals surface area contributed by atoms with Gasteiger partial charge in [0.1, 0.15) is 0 Å². The highest BCUT2D eigenvalue weighted by molar-refractivity contribution is 14.0. The van der Waals surface area contributed by atoms with Gasteiger partial charge in [-0.2, -0.15) is 0 Å². The van der Waals surface area contributed by atoms with Crippen molar-refractivity contribution in [2.24, 2.45) is 4.99 Å². The van der Waals surface area contributed by atoms with Crippen molar-refractivity contribution in [3.05, 3.63) is 29.3 Å². The minimum Gasteiger partial charge on any atom is -0.381 e. The van der Waals surface area contributed by atoms with Crippen molar-refractivity contribution in [3.63, 3.8) is 0 Å². The maximum Gasteiger partial charge on any atom is 0.191 e. The smallest absolute Gasteiger partial charge is 0.191 e. The van der Waals surface area contributed by atoms with Gasteiger partial charge in [-0.3, -0.25) is 4.99 Å². The van der Waals surface area contributed by atoms with Gasteiger partial charge in [0.05, 0.1) is 11.0 Å². The molecule has 0 amide bonds. The summed E-state index contributed by atoms with van der Waals surface area (Å²) in [5.41, 5.74) is 1.76. The molecule has 1 fully saturated rings. The number of sulfone groups is 1. The molecule has 2 rings (SSSR count).